The van der Waals surface area contributed by atoms with E-state index in [0.29, 0.717) is 6.42 Å². The first-order valence-corrected chi connectivity index (χ1v) is 7.44. The minimum Gasteiger partial charge on any atom is -0.480 e. The second kappa shape index (κ2) is 7.29. The highest BCUT2D eigenvalue weighted by atomic mass is 16.5. The molecule has 0 radical (unpaired) electrons. The Kier molecular flexibility index (Phi) is 5.41. The molecule has 110 valence electrons. The van der Waals surface area contributed by atoms with Gasteiger partial charge in [0.15, 0.2) is 6.10 Å². The van der Waals surface area contributed by atoms with Crippen molar-refractivity contribution in [3.8, 4) is 5.75 Å². The number of carbonyl (C=O) groups is 1. The Balaban J connectivity index is 1.93. The maximum Gasteiger partial charge on any atom is 0.261 e. The van der Waals surface area contributed by atoms with Gasteiger partial charge in [-0.3, -0.25) is 4.79 Å². The second-order valence-corrected chi connectivity index (χ2v) is 5.31. The van der Waals surface area contributed by atoms with E-state index in [1.807, 2.05) is 38.1 Å². The smallest absolute Gasteiger partial charge is 0.261 e. The third-order valence-corrected chi connectivity index (χ3v) is 3.71. The van der Waals surface area contributed by atoms with Crippen molar-refractivity contribution in [1.29, 1.82) is 0 Å². The van der Waals surface area contributed by atoms with Crippen molar-refractivity contribution in [1.82, 2.24) is 10.6 Å². The average molecular weight is 276 g/mol. The molecule has 0 saturated carbocycles. The second-order valence-electron chi connectivity index (χ2n) is 5.31. The summed E-state index contributed by atoms with van der Waals surface area (Å²) >= 11 is 0. The van der Waals surface area contributed by atoms with E-state index in [-0.39, 0.29) is 11.9 Å². The summed E-state index contributed by atoms with van der Waals surface area (Å²) in [5.74, 6) is 0.794. The first kappa shape index (κ1) is 14.9. The van der Waals surface area contributed by atoms with Crippen LogP contribution in [0, 0.1) is 6.92 Å². The summed E-state index contributed by atoms with van der Waals surface area (Å²) in [6.07, 6.45) is 2.25. The highest BCUT2D eigenvalue weighted by molar-refractivity contribution is 5.81. The quantitative estimate of drug-likeness (QED) is 0.865. The van der Waals surface area contributed by atoms with E-state index < -0.39 is 6.10 Å². The topological polar surface area (TPSA) is 50.4 Å². The molecular formula is C16H24N2O2. The van der Waals surface area contributed by atoms with E-state index in [0.717, 1.165) is 37.2 Å². The minimum absolute atomic E-state index is 0.00246. The zero-order valence-electron chi connectivity index (χ0n) is 12.3. The van der Waals surface area contributed by atoms with Crippen molar-refractivity contribution in [3.63, 3.8) is 0 Å². The van der Waals surface area contributed by atoms with E-state index in [2.05, 4.69) is 10.6 Å². The first-order chi connectivity index (χ1) is 9.70. The zero-order valence-corrected chi connectivity index (χ0v) is 12.3. The number of ether oxygens (including phenoxy) is 1. The van der Waals surface area contributed by atoms with Crippen molar-refractivity contribution in [3.05, 3.63) is 29.8 Å². The van der Waals surface area contributed by atoms with Crippen molar-refractivity contribution in [2.24, 2.45) is 0 Å². The van der Waals surface area contributed by atoms with Crippen LogP contribution in [0.15, 0.2) is 24.3 Å². The van der Waals surface area contributed by atoms with E-state index in [1.54, 1.807) is 0 Å². The standard InChI is InChI=1S/C16H24N2O2/c1-3-14(20-15-7-5-4-6-12(15)2)16(19)18-13-8-10-17-11-9-13/h4-7,13-14,17H,3,8-11H2,1-2H3,(H,18,19). The molecule has 1 unspecified atom stereocenters. The van der Waals surface area contributed by atoms with Crippen LogP contribution in [0.2, 0.25) is 0 Å². The molecule has 1 amide bonds. The summed E-state index contributed by atoms with van der Waals surface area (Å²) in [6.45, 7) is 5.92. The van der Waals surface area contributed by atoms with Gasteiger partial charge in [-0.25, -0.2) is 0 Å². The zero-order chi connectivity index (χ0) is 14.4. The number of rotatable bonds is 5. The maximum atomic E-state index is 12.3. The Bertz CT molecular complexity index is 442. The molecule has 1 heterocycles. The predicted molar refractivity (Wildman–Crippen MR) is 79.9 cm³/mol. The first-order valence-electron chi connectivity index (χ1n) is 7.44. The number of para-hydroxylation sites is 1. The molecule has 1 aromatic carbocycles. The van der Waals surface area contributed by atoms with Gasteiger partial charge in [0.1, 0.15) is 5.75 Å². The van der Waals surface area contributed by atoms with Gasteiger partial charge in [0.25, 0.3) is 5.91 Å². The average Bonchev–Trinajstić information content (AvgIpc) is 2.47. The van der Waals surface area contributed by atoms with Crippen LogP contribution in [0.5, 0.6) is 5.75 Å². The molecule has 2 N–H and O–H groups in total. The molecule has 0 aromatic heterocycles. The fraction of sp³-hybridized carbons (Fsp3) is 0.562. The fourth-order valence-corrected chi connectivity index (χ4v) is 2.42. The van der Waals surface area contributed by atoms with Crippen LogP contribution >= 0.6 is 0 Å². The van der Waals surface area contributed by atoms with Gasteiger partial charge < -0.3 is 15.4 Å². The van der Waals surface area contributed by atoms with Crippen LogP contribution in [0.3, 0.4) is 0 Å². The SMILES string of the molecule is CCC(Oc1ccccc1C)C(=O)NC1CCNCC1. The van der Waals surface area contributed by atoms with Crippen molar-refractivity contribution >= 4 is 5.91 Å². The molecule has 4 heteroatoms. The lowest BCUT2D eigenvalue weighted by Gasteiger charge is -2.26. The van der Waals surface area contributed by atoms with Crippen LogP contribution in [-0.2, 0) is 4.79 Å². The normalized spacial score (nSPS) is 17.5. The van der Waals surface area contributed by atoms with E-state index in [4.69, 9.17) is 4.74 Å². The van der Waals surface area contributed by atoms with Crippen LogP contribution in [0.1, 0.15) is 31.7 Å². The number of benzene rings is 1. The molecule has 2 rings (SSSR count). The van der Waals surface area contributed by atoms with Gasteiger partial charge in [-0.2, -0.15) is 0 Å². The number of hydrogen-bond donors (Lipinski definition) is 2. The van der Waals surface area contributed by atoms with Crippen LogP contribution in [-0.4, -0.2) is 31.1 Å². The van der Waals surface area contributed by atoms with E-state index in [1.165, 1.54) is 0 Å². The molecule has 1 aliphatic heterocycles. The lowest BCUT2D eigenvalue weighted by Crippen LogP contribution is -2.47. The lowest BCUT2D eigenvalue weighted by atomic mass is 10.1. The summed E-state index contributed by atoms with van der Waals surface area (Å²) in [7, 11) is 0. The Morgan fingerprint density at radius 3 is 2.75 bits per heavy atom. The molecule has 1 saturated heterocycles. The minimum atomic E-state index is -0.411. The van der Waals surface area contributed by atoms with Crippen LogP contribution in [0.25, 0.3) is 0 Å². The van der Waals surface area contributed by atoms with Crippen molar-refractivity contribution in [2.45, 2.75) is 45.3 Å². The van der Waals surface area contributed by atoms with Gasteiger partial charge in [0.2, 0.25) is 0 Å². The van der Waals surface area contributed by atoms with Crippen molar-refractivity contribution in [2.75, 3.05) is 13.1 Å². The fourth-order valence-electron chi connectivity index (χ4n) is 2.42. The predicted octanol–water partition coefficient (Wildman–Crippen LogP) is 2.02. The third kappa shape index (κ3) is 3.97. The van der Waals surface area contributed by atoms with Gasteiger partial charge >= 0.3 is 0 Å². The van der Waals surface area contributed by atoms with Crippen molar-refractivity contribution < 1.29 is 9.53 Å². The third-order valence-electron chi connectivity index (χ3n) is 3.71. The molecule has 1 aliphatic rings. The largest absolute Gasteiger partial charge is 0.480 e. The highest BCUT2D eigenvalue weighted by Crippen LogP contribution is 2.19. The number of nitrogens with one attached hydrogen (secondary N) is 2. The monoisotopic (exact) mass is 276 g/mol. The number of amides is 1. The molecular weight excluding hydrogens is 252 g/mol. The summed E-state index contributed by atoms with van der Waals surface area (Å²) in [4.78, 5) is 12.3. The number of piperidine rings is 1. The van der Waals surface area contributed by atoms with Gasteiger partial charge in [-0.1, -0.05) is 25.1 Å². The van der Waals surface area contributed by atoms with Gasteiger partial charge in [0.05, 0.1) is 0 Å². The summed E-state index contributed by atoms with van der Waals surface area (Å²) in [5.41, 5.74) is 1.06. The lowest BCUT2D eigenvalue weighted by molar-refractivity contribution is -0.129. The number of hydrogen-bond acceptors (Lipinski definition) is 3. The Morgan fingerprint density at radius 1 is 1.40 bits per heavy atom. The summed E-state index contributed by atoms with van der Waals surface area (Å²) in [6, 6.07) is 8.08. The molecule has 20 heavy (non-hydrogen) atoms. The summed E-state index contributed by atoms with van der Waals surface area (Å²) in [5, 5.41) is 6.40. The van der Waals surface area contributed by atoms with Gasteiger partial charge in [0, 0.05) is 6.04 Å². The molecule has 0 bridgehead atoms. The van der Waals surface area contributed by atoms with E-state index in [9.17, 15) is 4.79 Å². The Labute approximate surface area is 120 Å². The van der Waals surface area contributed by atoms with Crippen LogP contribution < -0.4 is 15.4 Å². The van der Waals surface area contributed by atoms with Gasteiger partial charge in [-0.15, -0.1) is 0 Å². The Morgan fingerprint density at radius 2 is 2.10 bits per heavy atom. The maximum absolute atomic E-state index is 12.3. The number of carbonyl (C=O) groups excluding carboxylic acids is 1. The summed E-state index contributed by atoms with van der Waals surface area (Å²) < 4.78 is 5.87. The van der Waals surface area contributed by atoms with Crippen LogP contribution in [0.4, 0.5) is 0 Å². The highest BCUT2D eigenvalue weighted by Gasteiger charge is 2.23. The van der Waals surface area contributed by atoms with E-state index >= 15 is 0 Å². The molecule has 1 fully saturated rings. The Hall–Kier alpha value is -1.55. The molecule has 1 aromatic rings. The molecule has 4 nitrogen and oxygen atoms in total. The molecule has 1 atom stereocenters. The van der Waals surface area contributed by atoms with Gasteiger partial charge in [-0.05, 0) is 50.9 Å². The molecule has 0 spiro atoms. The number of aryl methyl sites for hydroxylation is 1. The molecule has 0 aliphatic carbocycles.